The van der Waals surface area contributed by atoms with Crippen molar-refractivity contribution in [3.05, 3.63) is 35.1 Å². The predicted octanol–water partition coefficient (Wildman–Crippen LogP) is 2.90. The number of nitrogens with one attached hydrogen (secondary N) is 2. The van der Waals surface area contributed by atoms with E-state index in [2.05, 4.69) is 10.6 Å². The number of carbonyl (C=O) groups is 1. The zero-order valence-electron chi connectivity index (χ0n) is 13.3. The number of amides is 2. The Hall–Kier alpha value is -1.76. The normalized spacial score (nSPS) is 23.8. The molecule has 7 heteroatoms. The minimum atomic E-state index is -1.48. The fourth-order valence-electron chi connectivity index (χ4n) is 3.06. The number of hydrogen-bond donors (Lipinski definition) is 2. The van der Waals surface area contributed by atoms with Crippen molar-refractivity contribution in [3.63, 3.8) is 0 Å². The van der Waals surface area contributed by atoms with E-state index in [1.807, 2.05) is 0 Å². The summed E-state index contributed by atoms with van der Waals surface area (Å²) in [5, 5.41) is 5.57. The van der Waals surface area contributed by atoms with Crippen LogP contribution in [0.2, 0.25) is 0 Å². The fraction of sp³-hybridized carbons (Fsp3) is 0.588. The molecule has 0 bridgehead atoms. The van der Waals surface area contributed by atoms with Crippen molar-refractivity contribution in [2.45, 2.75) is 44.2 Å². The smallest absolute Gasteiger partial charge is 0.315 e. The van der Waals surface area contributed by atoms with Gasteiger partial charge in [0.15, 0.2) is 17.5 Å². The predicted molar refractivity (Wildman–Crippen MR) is 82.0 cm³/mol. The average molecular weight is 342 g/mol. The third-order valence-electron chi connectivity index (χ3n) is 4.54. The highest BCUT2D eigenvalue weighted by Gasteiger charge is 2.36. The zero-order valence-corrected chi connectivity index (χ0v) is 13.3. The largest absolute Gasteiger partial charge is 0.378 e. The van der Waals surface area contributed by atoms with Crippen LogP contribution in [-0.4, -0.2) is 31.3 Å². The van der Waals surface area contributed by atoms with Crippen molar-refractivity contribution >= 4 is 6.03 Å². The van der Waals surface area contributed by atoms with Gasteiger partial charge in [-0.25, -0.2) is 18.0 Å². The summed E-state index contributed by atoms with van der Waals surface area (Å²) in [4.78, 5) is 11.9. The van der Waals surface area contributed by atoms with Crippen LogP contribution in [0.3, 0.4) is 0 Å². The maximum absolute atomic E-state index is 13.1. The first kappa shape index (κ1) is 17.1. The molecule has 3 rings (SSSR count). The quantitative estimate of drug-likeness (QED) is 0.809. The minimum absolute atomic E-state index is 0.0880. The number of carbonyl (C=O) groups excluding carboxylic acids is 1. The van der Waals surface area contributed by atoms with Crippen molar-refractivity contribution in [2.24, 2.45) is 5.92 Å². The summed E-state index contributed by atoms with van der Waals surface area (Å²) in [6.45, 7) is 0.867. The van der Waals surface area contributed by atoms with Gasteiger partial charge in [-0.3, -0.25) is 0 Å². The molecule has 1 heterocycles. The average Bonchev–Trinajstić information content (AvgIpc) is 3.37. The number of rotatable bonds is 5. The van der Waals surface area contributed by atoms with Crippen molar-refractivity contribution in [3.8, 4) is 0 Å². The molecule has 1 aromatic rings. The van der Waals surface area contributed by atoms with Gasteiger partial charge < -0.3 is 15.4 Å². The highest BCUT2D eigenvalue weighted by atomic mass is 19.2. The number of benzene rings is 1. The summed E-state index contributed by atoms with van der Waals surface area (Å²) in [5.41, 5.74) is 0.298. The SMILES string of the molecule is O=C(NCCc1cc(F)c(F)c(F)c1)N[C@H]1CCO[C@@H](C2CC2)C1. The molecule has 2 fully saturated rings. The molecule has 0 unspecified atom stereocenters. The Morgan fingerprint density at radius 2 is 1.88 bits per heavy atom. The van der Waals surface area contributed by atoms with Gasteiger partial charge in [0.25, 0.3) is 0 Å². The van der Waals surface area contributed by atoms with Gasteiger partial charge in [-0.05, 0) is 55.7 Å². The van der Waals surface area contributed by atoms with Gasteiger partial charge in [0.1, 0.15) is 0 Å². The number of urea groups is 1. The van der Waals surface area contributed by atoms with Crippen LogP contribution in [0.1, 0.15) is 31.2 Å². The molecule has 4 nitrogen and oxygen atoms in total. The van der Waals surface area contributed by atoms with Crippen LogP contribution >= 0.6 is 0 Å². The van der Waals surface area contributed by atoms with E-state index in [1.165, 1.54) is 12.8 Å². The van der Waals surface area contributed by atoms with Gasteiger partial charge in [0, 0.05) is 19.2 Å². The summed E-state index contributed by atoms with van der Waals surface area (Å²) >= 11 is 0. The van der Waals surface area contributed by atoms with E-state index in [1.54, 1.807) is 0 Å². The molecule has 1 aromatic carbocycles. The van der Waals surface area contributed by atoms with Gasteiger partial charge in [0.05, 0.1) is 6.10 Å². The first-order chi connectivity index (χ1) is 11.5. The molecule has 0 radical (unpaired) electrons. The number of ether oxygens (including phenoxy) is 1. The molecular weight excluding hydrogens is 321 g/mol. The molecule has 0 aromatic heterocycles. The second kappa shape index (κ2) is 7.42. The lowest BCUT2D eigenvalue weighted by molar-refractivity contribution is -0.00913. The van der Waals surface area contributed by atoms with E-state index in [9.17, 15) is 18.0 Å². The first-order valence-electron chi connectivity index (χ1n) is 8.32. The van der Waals surface area contributed by atoms with Crippen molar-refractivity contribution in [1.29, 1.82) is 0 Å². The van der Waals surface area contributed by atoms with E-state index >= 15 is 0 Å². The lowest BCUT2D eigenvalue weighted by Crippen LogP contribution is -2.47. The Bertz CT molecular complexity index is 584. The lowest BCUT2D eigenvalue weighted by Gasteiger charge is -2.30. The fourth-order valence-corrected chi connectivity index (χ4v) is 3.06. The summed E-state index contributed by atoms with van der Waals surface area (Å²) in [6.07, 6.45) is 4.48. The second-order valence-corrected chi connectivity index (χ2v) is 6.49. The molecule has 2 N–H and O–H groups in total. The van der Waals surface area contributed by atoms with E-state index in [0.717, 1.165) is 25.0 Å². The molecule has 0 spiro atoms. The Morgan fingerprint density at radius 1 is 1.17 bits per heavy atom. The highest BCUT2D eigenvalue weighted by molar-refractivity contribution is 5.74. The topological polar surface area (TPSA) is 50.4 Å². The van der Waals surface area contributed by atoms with Crippen LogP contribution in [0, 0.1) is 23.4 Å². The Kier molecular flexibility index (Phi) is 5.28. The molecule has 2 aliphatic rings. The molecule has 2 amide bonds. The summed E-state index contributed by atoms with van der Waals surface area (Å²) in [6, 6.07) is 1.66. The van der Waals surface area contributed by atoms with Crippen LogP contribution in [0.5, 0.6) is 0 Å². The number of hydrogen-bond acceptors (Lipinski definition) is 2. The summed E-state index contributed by atoms with van der Waals surface area (Å²) < 4.78 is 44.8. The van der Waals surface area contributed by atoms with E-state index in [-0.39, 0.29) is 31.1 Å². The maximum Gasteiger partial charge on any atom is 0.315 e. The first-order valence-corrected chi connectivity index (χ1v) is 8.32. The Labute approximate surface area is 138 Å². The summed E-state index contributed by atoms with van der Waals surface area (Å²) in [5.74, 6) is -3.28. The standard InChI is InChI=1S/C17H21F3N2O2/c18-13-7-10(8-14(19)16(13)20)3-5-21-17(23)22-12-4-6-24-15(9-12)11-1-2-11/h7-8,11-12,15H,1-6,9H2,(H2,21,22,23)/t12-,15+/m0/s1. The summed E-state index contributed by atoms with van der Waals surface area (Å²) in [7, 11) is 0. The van der Waals surface area contributed by atoms with Crippen LogP contribution in [0.25, 0.3) is 0 Å². The third-order valence-corrected chi connectivity index (χ3v) is 4.54. The highest BCUT2D eigenvalue weighted by Crippen LogP contribution is 2.38. The Balaban J connectivity index is 1.41. The molecular formula is C17H21F3N2O2. The molecule has 1 saturated carbocycles. The van der Waals surface area contributed by atoms with Gasteiger partial charge in [-0.1, -0.05) is 0 Å². The maximum atomic E-state index is 13.1. The van der Waals surface area contributed by atoms with Gasteiger partial charge in [-0.15, -0.1) is 0 Å². The van der Waals surface area contributed by atoms with Gasteiger partial charge in [0.2, 0.25) is 0 Å². The lowest BCUT2D eigenvalue weighted by atomic mass is 10.0. The van der Waals surface area contributed by atoms with E-state index in [4.69, 9.17) is 4.74 Å². The molecule has 24 heavy (non-hydrogen) atoms. The third kappa shape index (κ3) is 4.41. The zero-order chi connectivity index (χ0) is 17.1. The van der Waals surface area contributed by atoms with Crippen molar-refractivity contribution in [1.82, 2.24) is 10.6 Å². The van der Waals surface area contributed by atoms with Crippen LogP contribution in [0.15, 0.2) is 12.1 Å². The van der Waals surface area contributed by atoms with Crippen LogP contribution in [0.4, 0.5) is 18.0 Å². The van der Waals surface area contributed by atoms with Crippen molar-refractivity contribution < 1.29 is 22.7 Å². The molecule has 1 saturated heterocycles. The van der Waals surface area contributed by atoms with Crippen LogP contribution < -0.4 is 10.6 Å². The molecule has 1 aliphatic carbocycles. The monoisotopic (exact) mass is 342 g/mol. The Morgan fingerprint density at radius 3 is 2.54 bits per heavy atom. The van der Waals surface area contributed by atoms with Gasteiger partial charge >= 0.3 is 6.03 Å². The minimum Gasteiger partial charge on any atom is -0.378 e. The molecule has 1 aliphatic heterocycles. The van der Waals surface area contributed by atoms with Crippen molar-refractivity contribution in [2.75, 3.05) is 13.2 Å². The number of halogens is 3. The molecule has 2 atom stereocenters. The van der Waals surface area contributed by atoms with E-state index in [0.29, 0.717) is 18.1 Å². The molecule has 132 valence electrons. The van der Waals surface area contributed by atoms with Gasteiger partial charge in [-0.2, -0.15) is 0 Å². The second-order valence-electron chi connectivity index (χ2n) is 6.49. The van der Waals surface area contributed by atoms with E-state index < -0.39 is 17.5 Å². The van der Waals surface area contributed by atoms with Crippen LogP contribution in [-0.2, 0) is 11.2 Å².